The Hall–Kier alpha value is -3.77. The van der Waals surface area contributed by atoms with Crippen molar-refractivity contribution in [1.29, 1.82) is 0 Å². The number of hydrogen-bond donors (Lipinski definition) is 3. The molecule has 1 aliphatic rings. The fourth-order valence-corrected chi connectivity index (χ4v) is 4.86. The Morgan fingerprint density at radius 1 is 1.06 bits per heavy atom. The molecule has 4 N–H and O–H groups in total. The van der Waals surface area contributed by atoms with Crippen molar-refractivity contribution in [3.63, 3.8) is 0 Å². The zero-order chi connectivity index (χ0) is 24.1. The first-order chi connectivity index (χ1) is 16.4. The summed E-state index contributed by atoms with van der Waals surface area (Å²) in [5.41, 5.74) is 6.85. The fourth-order valence-electron chi connectivity index (χ4n) is 3.31. The van der Waals surface area contributed by atoms with Gasteiger partial charge in [-0.25, -0.2) is 0 Å². The molecule has 0 radical (unpaired) electrons. The van der Waals surface area contributed by atoms with Crippen molar-refractivity contribution < 1.29 is 19.2 Å². The first-order valence-corrected chi connectivity index (χ1v) is 12.0. The lowest BCUT2D eigenvalue weighted by molar-refractivity contribution is -0.122. The van der Waals surface area contributed by atoms with E-state index in [4.69, 9.17) is 5.73 Å². The number of nitrogens with one attached hydrogen (secondary N) is 2. The summed E-state index contributed by atoms with van der Waals surface area (Å²) < 4.78 is 0.517. The van der Waals surface area contributed by atoms with Gasteiger partial charge in [-0.1, -0.05) is 41.3 Å². The van der Waals surface area contributed by atoms with Crippen LogP contribution in [-0.2, 0) is 14.4 Å². The molecule has 1 atom stereocenters. The first-order valence-electron chi connectivity index (χ1n) is 10.2. The van der Waals surface area contributed by atoms with E-state index < -0.39 is 11.8 Å². The highest BCUT2D eigenvalue weighted by molar-refractivity contribution is 8.01. The van der Waals surface area contributed by atoms with E-state index in [0.717, 1.165) is 17.0 Å². The second kappa shape index (κ2) is 10.4. The standard InChI is InChI=1S/C22H20N6O4S2/c23-19(31)13-6-8-15(9-7-13)24-17(29)12-33-22-27-26-21(34-22)25-20(32)14-10-18(30)28(11-14)16-4-2-1-3-5-16/h1-9,14H,10-12H2,(H2,23,31)(H,24,29)(H,25,26,32)/t14-/m0/s1. The highest BCUT2D eigenvalue weighted by atomic mass is 32.2. The van der Waals surface area contributed by atoms with Crippen LogP contribution in [0.5, 0.6) is 0 Å². The number of primary amides is 1. The average molecular weight is 497 g/mol. The number of benzene rings is 2. The first kappa shape index (κ1) is 23.4. The van der Waals surface area contributed by atoms with E-state index >= 15 is 0 Å². The average Bonchev–Trinajstić information content (AvgIpc) is 3.45. The highest BCUT2D eigenvalue weighted by Gasteiger charge is 2.35. The van der Waals surface area contributed by atoms with Crippen LogP contribution in [-0.4, -0.2) is 46.1 Å². The molecule has 1 saturated heterocycles. The van der Waals surface area contributed by atoms with Crippen molar-refractivity contribution in [2.45, 2.75) is 10.8 Å². The van der Waals surface area contributed by atoms with Crippen molar-refractivity contribution in [3.05, 3.63) is 60.2 Å². The summed E-state index contributed by atoms with van der Waals surface area (Å²) in [7, 11) is 0. The maximum atomic E-state index is 12.6. The number of thioether (sulfide) groups is 1. The molecule has 0 bridgehead atoms. The molecule has 1 aliphatic heterocycles. The van der Waals surface area contributed by atoms with Crippen LogP contribution < -0.4 is 21.3 Å². The lowest BCUT2D eigenvalue weighted by Crippen LogP contribution is -2.28. The molecule has 12 heteroatoms. The topological polar surface area (TPSA) is 147 Å². The molecule has 1 aromatic heterocycles. The van der Waals surface area contributed by atoms with E-state index in [1.54, 1.807) is 17.0 Å². The van der Waals surface area contributed by atoms with E-state index in [1.165, 1.54) is 23.9 Å². The van der Waals surface area contributed by atoms with Gasteiger partial charge in [-0.15, -0.1) is 10.2 Å². The van der Waals surface area contributed by atoms with Gasteiger partial charge < -0.3 is 21.3 Å². The van der Waals surface area contributed by atoms with Crippen molar-refractivity contribution in [2.75, 3.05) is 27.8 Å². The summed E-state index contributed by atoms with van der Waals surface area (Å²) in [5, 5.41) is 13.7. The fraction of sp³-hybridized carbons (Fsp3) is 0.182. The zero-order valence-electron chi connectivity index (χ0n) is 17.8. The minimum absolute atomic E-state index is 0.0866. The Balaban J connectivity index is 1.25. The summed E-state index contributed by atoms with van der Waals surface area (Å²) in [6.07, 6.45) is 0.127. The predicted octanol–water partition coefficient (Wildman–Crippen LogP) is 2.36. The Morgan fingerprint density at radius 2 is 1.79 bits per heavy atom. The predicted molar refractivity (Wildman–Crippen MR) is 130 cm³/mol. The van der Waals surface area contributed by atoms with Crippen molar-refractivity contribution in [2.24, 2.45) is 11.7 Å². The molecule has 0 unspecified atom stereocenters. The Bertz CT molecular complexity index is 1220. The van der Waals surface area contributed by atoms with Crippen molar-refractivity contribution in [3.8, 4) is 0 Å². The van der Waals surface area contributed by atoms with Gasteiger partial charge in [-0.05, 0) is 36.4 Å². The third-order valence-corrected chi connectivity index (χ3v) is 6.95. The van der Waals surface area contributed by atoms with Gasteiger partial charge in [0.15, 0.2) is 4.34 Å². The number of carbonyl (C=O) groups is 4. The van der Waals surface area contributed by atoms with Gasteiger partial charge in [0.25, 0.3) is 0 Å². The second-order valence-corrected chi connectivity index (χ2v) is 9.58. The molecule has 3 aromatic rings. The number of aromatic nitrogens is 2. The normalized spacial score (nSPS) is 15.2. The van der Waals surface area contributed by atoms with Gasteiger partial charge in [0.1, 0.15) is 0 Å². The number of nitrogens with zero attached hydrogens (tertiary/aromatic N) is 3. The molecule has 0 spiro atoms. The molecule has 0 aliphatic carbocycles. The van der Waals surface area contributed by atoms with Gasteiger partial charge in [0, 0.05) is 29.9 Å². The van der Waals surface area contributed by atoms with E-state index in [0.29, 0.717) is 27.3 Å². The van der Waals surface area contributed by atoms with E-state index in [1.807, 2.05) is 30.3 Å². The number of amides is 4. The van der Waals surface area contributed by atoms with Gasteiger partial charge >= 0.3 is 0 Å². The largest absolute Gasteiger partial charge is 0.366 e. The van der Waals surface area contributed by atoms with Gasteiger partial charge in [-0.3, -0.25) is 19.2 Å². The molecule has 2 heterocycles. The summed E-state index contributed by atoms with van der Waals surface area (Å²) in [5.74, 6) is -1.60. The molecule has 174 valence electrons. The minimum Gasteiger partial charge on any atom is -0.366 e. The highest BCUT2D eigenvalue weighted by Crippen LogP contribution is 2.28. The Kier molecular flexibility index (Phi) is 7.18. The van der Waals surface area contributed by atoms with Gasteiger partial charge in [0.2, 0.25) is 28.8 Å². The number of rotatable bonds is 8. The quantitative estimate of drug-likeness (QED) is 0.320. The summed E-state index contributed by atoms with van der Waals surface area (Å²) in [6.45, 7) is 0.301. The van der Waals surface area contributed by atoms with Crippen LogP contribution in [0.25, 0.3) is 0 Å². The van der Waals surface area contributed by atoms with Crippen LogP contribution in [0.2, 0.25) is 0 Å². The zero-order valence-corrected chi connectivity index (χ0v) is 19.4. The molecule has 10 nitrogen and oxygen atoms in total. The number of hydrogen-bond acceptors (Lipinski definition) is 8. The molecule has 1 fully saturated rings. The molecule has 2 aromatic carbocycles. The van der Waals surface area contributed by atoms with E-state index in [-0.39, 0.29) is 29.9 Å². The van der Waals surface area contributed by atoms with Crippen LogP contribution in [0.3, 0.4) is 0 Å². The van der Waals surface area contributed by atoms with Crippen LogP contribution in [0.4, 0.5) is 16.5 Å². The van der Waals surface area contributed by atoms with Gasteiger partial charge in [0.05, 0.1) is 11.7 Å². The smallest absolute Gasteiger partial charge is 0.248 e. The number of nitrogens with two attached hydrogens (primary N) is 1. The molecule has 0 saturated carbocycles. The maximum Gasteiger partial charge on any atom is 0.248 e. The minimum atomic E-state index is -0.541. The number of para-hydroxylation sites is 1. The summed E-state index contributed by atoms with van der Waals surface area (Å²) in [4.78, 5) is 49.8. The van der Waals surface area contributed by atoms with Crippen molar-refractivity contribution in [1.82, 2.24) is 10.2 Å². The Morgan fingerprint density at radius 3 is 2.50 bits per heavy atom. The Labute approximate surface area is 202 Å². The van der Waals surface area contributed by atoms with E-state index in [9.17, 15) is 19.2 Å². The molecular weight excluding hydrogens is 476 g/mol. The van der Waals surface area contributed by atoms with Gasteiger partial charge in [-0.2, -0.15) is 0 Å². The maximum absolute atomic E-state index is 12.6. The summed E-state index contributed by atoms with van der Waals surface area (Å²) >= 11 is 2.33. The molecule has 4 rings (SSSR count). The number of carbonyl (C=O) groups excluding carboxylic acids is 4. The second-order valence-electron chi connectivity index (χ2n) is 7.38. The molecule has 4 amide bonds. The lowest BCUT2D eigenvalue weighted by atomic mass is 10.1. The lowest BCUT2D eigenvalue weighted by Gasteiger charge is -2.16. The summed E-state index contributed by atoms with van der Waals surface area (Å²) in [6, 6.07) is 15.5. The van der Waals surface area contributed by atoms with Crippen LogP contribution in [0.15, 0.2) is 58.9 Å². The third-order valence-electron chi connectivity index (χ3n) is 4.98. The molecule has 34 heavy (non-hydrogen) atoms. The van der Waals surface area contributed by atoms with Crippen molar-refractivity contribution >= 4 is 63.2 Å². The van der Waals surface area contributed by atoms with Crippen LogP contribution >= 0.6 is 23.1 Å². The third kappa shape index (κ3) is 5.77. The number of anilines is 3. The van der Waals surface area contributed by atoms with Crippen LogP contribution in [0.1, 0.15) is 16.8 Å². The van der Waals surface area contributed by atoms with E-state index in [2.05, 4.69) is 20.8 Å². The molecular formula is C22H20N6O4S2. The SMILES string of the molecule is NC(=O)c1ccc(NC(=O)CSc2nnc(NC(=O)[C@H]3CC(=O)N(c4ccccc4)C3)s2)cc1. The van der Waals surface area contributed by atoms with Crippen LogP contribution in [0, 0.1) is 5.92 Å². The monoisotopic (exact) mass is 496 g/mol.